The number of nitrogens with zero attached hydrogens (tertiary/aromatic N) is 2. The molecule has 1 aliphatic rings. The van der Waals surface area contributed by atoms with Crippen LogP contribution in [0.3, 0.4) is 0 Å². The molecule has 1 unspecified atom stereocenters. The van der Waals surface area contributed by atoms with Crippen LogP contribution in [0.2, 0.25) is 5.02 Å². The molecule has 0 aromatic heterocycles. The van der Waals surface area contributed by atoms with Crippen molar-refractivity contribution in [2.75, 3.05) is 37.7 Å². The molecule has 1 heterocycles. The maximum absolute atomic E-state index is 13.2. The van der Waals surface area contributed by atoms with Crippen LogP contribution in [-0.4, -0.2) is 54.9 Å². The fourth-order valence-electron chi connectivity index (χ4n) is 2.61. The quantitative estimate of drug-likeness (QED) is 0.780. The van der Waals surface area contributed by atoms with Gasteiger partial charge in [-0.05, 0) is 24.6 Å². The molecular formula is C16H21ClFN3O2. The first kappa shape index (κ1) is 17.6. The number of urea groups is 1. The lowest BCUT2D eigenvalue weighted by Gasteiger charge is -2.24. The number of carbonyl (C=O) groups excluding carboxylic acids is 1. The van der Waals surface area contributed by atoms with Gasteiger partial charge in [0.15, 0.2) is 0 Å². The number of hydrogen-bond acceptors (Lipinski definition) is 3. The largest absolute Gasteiger partial charge is 0.395 e. The van der Waals surface area contributed by atoms with E-state index in [0.29, 0.717) is 13.1 Å². The maximum atomic E-state index is 13.2. The highest BCUT2D eigenvalue weighted by atomic mass is 35.5. The molecule has 0 spiro atoms. The van der Waals surface area contributed by atoms with E-state index in [1.807, 2.05) is 0 Å². The van der Waals surface area contributed by atoms with Crippen molar-refractivity contribution >= 4 is 23.3 Å². The summed E-state index contributed by atoms with van der Waals surface area (Å²) in [5.74, 6) is -0.441. The van der Waals surface area contributed by atoms with E-state index in [1.54, 1.807) is 18.2 Å². The monoisotopic (exact) mass is 341 g/mol. The highest BCUT2D eigenvalue weighted by molar-refractivity contribution is 6.31. The van der Waals surface area contributed by atoms with Gasteiger partial charge in [0, 0.05) is 37.9 Å². The van der Waals surface area contributed by atoms with Crippen LogP contribution in [0, 0.1) is 5.82 Å². The summed E-state index contributed by atoms with van der Waals surface area (Å²) in [6.45, 7) is 5.56. The maximum Gasteiger partial charge on any atom is 0.318 e. The fourth-order valence-corrected chi connectivity index (χ4v) is 2.79. The summed E-state index contributed by atoms with van der Waals surface area (Å²) < 4.78 is 13.2. The van der Waals surface area contributed by atoms with Gasteiger partial charge in [-0.25, -0.2) is 9.18 Å². The Balaban J connectivity index is 1.92. The molecule has 2 rings (SSSR count). The predicted molar refractivity (Wildman–Crippen MR) is 89.4 cm³/mol. The number of halogens is 2. The average Bonchev–Trinajstić information content (AvgIpc) is 2.98. The molecular weight excluding hydrogens is 321 g/mol. The van der Waals surface area contributed by atoms with Crippen LogP contribution in [-0.2, 0) is 0 Å². The van der Waals surface area contributed by atoms with Gasteiger partial charge in [0.2, 0.25) is 0 Å². The standard InChI is InChI=1S/C16H21ClFN3O2/c1-2-6-20(8-9-22)16(23)19-12-5-7-21(11-12)13-3-4-15(18)14(17)10-13/h2-4,10,12,22H,1,5-9,11H2,(H,19,23). The zero-order valence-electron chi connectivity index (χ0n) is 12.8. The summed E-state index contributed by atoms with van der Waals surface area (Å²) in [6, 6.07) is 4.40. The minimum Gasteiger partial charge on any atom is -0.395 e. The average molecular weight is 342 g/mol. The normalized spacial score (nSPS) is 17.2. The van der Waals surface area contributed by atoms with Gasteiger partial charge < -0.3 is 20.2 Å². The Kier molecular flexibility index (Phi) is 6.24. The van der Waals surface area contributed by atoms with Crippen molar-refractivity contribution in [2.45, 2.75) is 12.5 Å². The van der Waals surface area contributed by atoms with Crippen molar-refractivity contribution < 1.29 is 14.3 Å². The molecule has 1 aromatic carbocycles. The molecule has 0 bridgehead atoms. The number of rotatable bonds is 6. The van der Waals surface area contributed by atoms with Gasteiger partial charge in [-0.2, -0.15) is 0 Å². The molecule has 0 aliphatic carbocycles. The van der Waals surface area contributed by atoms with Crippen molar-refractivity contribution in [3.05, 3.63) is 41.7 Å². The summed E-state index contributed by atoms with van der Waals surface area (Å²) in [6.07, 6.45) is 2.42. The molecule has 7 heteroatoms. The van der Waals surface area contributed by atoms with Gasteiger partial charge in [-0.1, -0.05) is 17.7 Å². The molecule has 126 valence electrons. The van der Waals surface area contributed by atoms with Gasteiger partial charge in [-0.3, -0.25) is 0 Å². The number of hydrogen-bond donors (Lipinski definition) is 2. The number of carbonyl (C=O) groups is 1. The molecule has 5 nitrogen and oxygen atoms in total. The Hall–Kier alpha value is -1.79. The lowest BCUT2D eigenvalue weighted by molar-refractivity contribution is 0.181. The minimum atomic E-state index is -0.441. The highest BCUT2D eigenvalue weighted by Crippen LogP contribution is 2.25. The predicted octanol–water partition coefficient (Wildman–Crippen LogP) is 2.25. The third-order valence-corrected chi connectivity index (χ3v) is 4.08. The van der Waals surface area contributed by atoms with E-state index in [-0.39, 0.29) is 30.2 Å². The van der Waals surface area contributed by atoms with E-state index in [1.165, 1.54) is 11.0 Å². The lowest BCUT2D eigenvalue weighted by Crippen LogP contribution is -2.46. The van der Waals surface area contributed by atoms with Crippen molar-refractivity contribution in [1.29, 1.82) is 0 Å². The second-order valence-electron chi connectivity index (χ2n) is 5.44. The summed E-state index contributed by atoms with van der Waals surface area (Å²) in [7, 11) is 0. The number of aliphatic hydroxyl groups is 1. The SMILES string of the molecule is C=CCN(CCO)C(=O)NC1CCN(c2ccc(F)c(Cl)c2)C1. The van der Waals surface area contributed by atoms with E-state index >= 15 is 0 Å². The van der Waals surface area contributed by atoms with Crippen LogP contribution in [0.5, 0.6) is 0 Å². The third kappa shape index (κ3) is 4.59. The van der Waals surface area contributed by atoms with E-state index in [0.717, 1.165) is 18.7 Å². The Morgan fingerprint density at radius 3 is 3.04 bits per heavy atom. The van der Waals surface area contributed by atoms with Crippen LogP contribution in [0.1, 0.15) is 6.42 Å². The minimum absolute atomic E-state index is 0.00247. The third-order valence-electron chi connectivity index (χ3n) is 3.79. The molecule has 2 N–H and O–H groups in total. The first-order valence-electron chi connectivity index (χ1n) is 7.52. The van der Waals surface area contributed by atoms with Crippen molar-refractivity contribution in [3.63, 3.8) is 0 Å². The first-order chi connectivity index (χ1) is 11.0. The highest BCUT2D eigenvalue weighted by Gasteiger charge is 2.26. The number of amides is 2. The lowest BCUT2D eigenvalue weighted by atomic mass is 10.2. The van der Waals surface area contributed by atoms with Gasteiger partial charge in [0.1, 0.15) is 5.82 Å². The van der Waals surface area contributed by atoms with Crippen LogP contribution >= 0.6 is 11.6 Å². The number of anilines is 1. The Morgan fingerprint density at radius 2 is 2.39 bits per heavy atom. The van der Waals surface area contributed by atoms with Gasteiger partial charge >= 0.3 is 6.03 Å². The second-order valence-corrected chi connectivity index (χ2v) is 5.85. The van der Waals surface area contributed by atoms with E-state index < -0.39 is 5.82 Å². The van der Waals surface area contributed by atoms with Gasteiger partial charge in [0.25, 0.3) is 0 Å². The molecule has 23 heavy (non-hydrogen) atoms. The van der Waals surface area contributed by atoms with Crippen molar-refractivity contribution in [1.82, 2.24) is 10.2 Å². The molecule has 1 aromatic rings. The molecule has 0 radical (unpaired) electrons. The topological polar surface area (TPSA) is 55.8 Å². The molecule has 1 atom stereocenters. The molecule has 1 aliphatic heterocycles. The van der Waals surface area contributed by atoms with E-state index in [2.05, 4.69) is 16.8 Å². The van der Waals surface area contributed by atoms with Gasteiger partial charge in [0.05, 0.1) is 11.6 Å². The smallest absolute Gasteiger partial charge is 0.318 e. The zero-order valence-corrected chi connectivity index (χ0v) is 13.6. The first-order valence-corrected chi connectivity index (χ1v) is 7.90. The van der Waals surface area contributed by atoms with Crippen LogP contribution in [0.15, 0.2) is 30.9 Å². The molecule has 0 saturated carbocycles. The number of nitrogens with one attached hydrogen (secondary N) is 1. The summed E-state index contributed by atoms with van der Waals surface area (Å²) in [4.78, 5) is 15.7. The zero-order chi connectivity index (χ0) is 16.8. The molecule has 1 saturated heterocycles. The Labute approximate surface area is 140 Å². The van der Waals surface area contributed by atoms with Gasteiger partial charge in [-0.15, -0.1) is 6.58 Å². The molecule has 2 amide bonds. The van der Waals surface area contributed by atoms with E-state index in [4.69, 9.17) is 16.7 Å². The number of aliphatic hydroxyl groups excluding tert-OH is 1. The fraction of sp³-hybridized carbons (Fsp3) is 0.438. The van der Waals surface area contributed by atoms with Crippen LogP contribution in [0.4, 0.5) is 14.9 Å². The van der Waals surface area contributed by atoms with Crippen molar-refractivity contribution in [3.8, 4) is 0 Å². The van der Waals surface area contributed by atoms with Crippen molar-refractivity contribution in [2.24, 2.45) is 0 Å². The molecule has 1 fully saturated rings. The van der Waals surface area contributed by atoms with Crippen LogP contribution in [0.25, 0.3) is 0 Å². The summed E-state index contributed by atoms with van der Waals surface area (Å²) >= 11 is 5.81. The van der Waals surface area contributed by atoms with E-state index in [9.17, 15) is 9.18 Å². The number of benzene rings is 1. The Morgan fingerprint density at radius 1 is 1.61 bits per heavy atom. The Bertz CT molecular complexity index is 570. The second kappa shape index (κ2) is 8.17. The van der Waals surface area contributed by atoms with Crippen LogP contribution < -0.4 is 10.2 Å². The summed E-state index contributed by atoms with van der Waals surface area (Å²) in [5, 5.41) is 12.1. The summed E-state index contributed by atoms with van der Waals surface area (Å²) in [5.41, 5.74) is 0.839.